The van der Waals surface area contributed by atoms with Gasteiger partial charge in [0.15, 0.2) is 0 Å². The summed E-state index contributed by atoms with van der Waals surface area (Å²) in [6.45, 7) is 0. The Kier molecular flexibility index (Phi) is 4.24. The third-order valence-electron chi connectivity index (χ3n) is 2.93. The van der Waals surface area contributed by atoms with Crippen LogP contribution in [0.4, 0.5) is 0 Å². The molecule has 1 unspecified atom stereocenters. The van der Waals surface area contributed by atoms with Gasteiger partial charge in [0.05, 0.1) is 0 Å². The fourth-order valence-electron chi connectivity index (χ4n) is 2.10. The predicted octanol–water partition coefficient (Wildman–Crippen LogP) is 3.58. The second-order valence-electron chi connectivity index (χ2n) is 4.02. The maximum Gasteiger partial charge on any atom is 0.0122 e. The molecule has 1 heterocycles. The van der Waals surface area contributed by atoms with E-state index >= 15 is 0 Å². The number of aliphatic imine (C=N–C) groups is 1. The fourth-order valence-corrected chi connectivity index (χ4v) is 2.10. The van der Waals surface area contributed by atoms with E-state index in [4.69, 9.17) is 0 Å². The van der Waals surface area contributed by atoms with E-state index in [0.29, 0.717) is 0 Å². The summed E-state index contributed by atoms with van der Waals surface area (Å²) in [6, 6.07) is 21.7. The summed E-state index contributed by atoms with van der Waals surface area (Å²) < 4.78 is 0. The standard InChI is InChI=1S/C16H12N.Ir/c1-3-7-13(8-4-1)15-11-12-17-16(15)14-9-5-2-6-10-14;/h1-9,11-12,15H;/q-1;. The van der Waals surface area contributed by atoms with Gasteiger partial charge in [-0.2, -0.15) is 0 Å². The zero-order valence-corrected chi connectivity index (χ0v) is 12.1. The maximum atomic E-state index is 4.47. The van der Waals surface area contributed by atoms with Crippen molar-refractivity contribution in [3.05, 3.63) is 84.1 Å². The molecule has 1 radical (unpaired) electrons. The first-order valence-electron chi connectivity index (χ1n) is 5.71. The smallest absolute Gasteiger partial charge is 0.0122 e. The van der Waals surface area contributed by atoms with Crippen LogP contribution in [-0.2, 0) is 20.1 Å². The van der Waals surface area contributed by atoms with E-state index < -0.39 is 0 Å². The fraction of sp³-hybridized carbons (Fsp3) is 0.0625. The monoisotopic (exact) mass is 411 g/mol. The average Bonchev–Trinajstić information content (AvgIpc) is 2.90. The number of allylic oxidation sites excluding steroid dienone is 1. The van der Waals surface area contributed by atoms with Gasteiger partial charge in [-0.3, -0.25) is 0 Å². The van der Waals surface area contributed by atoms with E-state index in [9.17, 15) is 0 Å². The van der Waals surface area contributed by atoms with Crippen LogP contribution in [0.5, 0.6) is 0 Å². The molecule has 0 saturated carbocycles. The molecule has 1 aliphatic rings. The minimum atomic E-state index is 0. The van der Waals surface area contributed by atoms with Crippen LogP contribution in [0.1, 0.15) is 17.0 Å². The Hall–Kier alpha value is -1.50. The number of benzene rings is 2. The summed E-state index contributed by atoms with van der Waals surface area (Å²) in [7, 11) is 0. The van der Waals surface area contributed by atoms with E-state index in [2.05, 4.69) is 47.5 Å². The first kappa shape index (κ1) is 12.9. The quantitative estimate of drug-likeness (QED) is 0.671. The van der Waals surface area contributed by atoms with E-state index in [1.807, 2.05) is 30.5 Å². The zero-order valence-electron chi connectivity index (χ0n) is 9.71. The van der Waals surface area contributed by atoms with E-state index in [-0.39, 0.29) is 26.0 Å². The second kappa shape index (κ2) is 5.90. The Labute approximate surface area is 121 Å². The molecule has 0 aliphatic carbocycles. The predicted molar refractivity (Wildman–Crippen MR) is 70.1 cm³/mol. The molecule has 91 valence electrons. The molecule has 0 saturated heterocycles. The van der Waals surface area contributed by atoms with Crippen LogP contribution in [0.3, 0.4) is 0 Å². The minimum absolute atomic E-state index is 0. The number of hydrogen-bond acceptors (Lipinski definition) is 1. The Morgan fingerprint density at radius 1 is 0.944 bits per heavy atom. The molecular weight excluding hydrogens is 398 g/mol. The molecule has 1 atom stereocenters. The van der Waals surface area contributed by atoms with Gasteiger partial charge in [-0.15, -0.1) is 35.9 Å². The molecule has 0 spiro atoms. The van der Waals surface area contributed by atoms with Crippen LogP contribution in [-0.4, -0.2) is 5.71 Å². The molecule has 2 aromatic rings. The van der Waals surface area contributed by atoms with E-state index in [1.165, 1.54) is 5.56 Å². The second-order valence-corrected chi connectivity index (χ2v) is 4.02. The molecule has 0 amide bonds. The average molecular weight is 410 g/mol. The van der Waals surface area contributed by atoms with Crippen LogP contribution >= 0.6 is 0 Å². The summed E-state index contributed by atoms with van der Waals surface area (Å²) in [6.07, 6.45) is 4.01. The largest absolute Gasteiger partial charge is 0.308 e. The van der Waals surface area contributed by atoms with Gasteiger partial charge in [0, 0.05) is 32.2 Å². The molecule has 0 aromatic heterocycles. The molecule has 1 nitrogen and oxygen atoms in total. The molecule has 2 heteroatoms. The SMILES string of the molecule is [Ir].[c-]1ccccc1C1=NC=CC1c1ccccc1. The molecular formula is C16H12IrN-. The molecule has 0 fully saturated rings. The number of hydrogen-bond donors (Lipinski definition) is 0. The molecule has 3 rings (SSSR count). The first-order chi connectivity index (χ1) is 8.45. The van der Waals surface area contributed by atoms with Gasteiger partial charge in [-0.05, 0) is 11.3 Å². The van der Waals surface area contributed by atoms with Gasteiger partial charge in [0.25, 0.3) is 0 Å². The Balaban J connectivity index is 0.00000120. The van der Waals surface area contributed by atoms with Crippen molar-refractivity contribution in [1.29, 1.82) is 0 Å². The van der Waals surface area contributed by atoms with Crippen molar-refractivity contribution in [2.45, 2.75) is 5.92 Å². The Morgan fingerprint density at radius 2 is 1.72 bits per heavy atom. The van der Waals surface area contributed by atoms with Crippen LogP contribution in [0.25, 0.3) is 0 Å². The number of rotatable bonds is 2. The Bertz CT molecular complexity index is 558. The van der Waals surface area contributed by atoms with Gasteiger partial charge in [0.1, 0.15) is 0 Å². The molecule has 2 aromatic carbocycles. The van der Waals surface area contributed by atoms with Crippen LogP contribution in [0.15, 0.2) is 71.9 Å². The maximum absolute atomic E-state index is 4.47. The van der Waals surface area contributed by atoms with Crippen molar-refractivity contribution in [3.8, 4) is 0 Å². The summed E-state index contributed by atoms with van der Waals surface area (Å²) in [4.78, 5) is 4.47. The van der Waals surface area contributed by atoms with Crippen LogP contribution in [0, 0.1) is 6.07 Å². The molecule has 1 aliphatic heterocycles. The minimum Gasteiger partial charge on any atom is -0.308 e. The Morgan fingerprint density at radius 3 is 2.44 bits per heavy atom. The van der Waals surface area contributed by atoms with Gasteiger partial charge < -0.3 is 4.99 Å². The zero-order chi connectivity index (χ0) is 11.5. The molecule has 0 bridgehead atoms. The van der Waals surface area contributed by atoms with Gasteiger partial charge >= 0.3 is 0 Å². The molecule has 18 heavy (non-hydrogen) atoms. The van der Waals surface area contributed by atoms with Crippen molar-refractivity contribution >= 4 is 5.71 Å². The van der Waals surface area contributed by atoms with Crippen molar-refractivity contribution in [2.75, 3.05) is 0 Å². The van der Waals surface area contributed by atoms with Gasteiger partial charge in [0.2, 0.25) is 0 Å². The summed E-state index contributed by atoms with van der Waals surface area (Å²) in [5.41, 5.74) is 3.43. The van der Waals surface area contributed by atoms with Crippen molar-refractivity contribution in [1.82, 2.24) is 0 Å². The van der Waals surface area contributed by atoms with E-state index in [0.717, 1.165) is 11.3 Å². The van der Waals surface area contributed by atoms with Crippen molar-refractivity contribution in [2.24, 2.45) is 4.99 Å². The first-order valence-corrected chi connectivity index (χ1v) is 5.71. The van der Waals surface area contributed by atoms with Gasteiger partial charge in [-0.1, -0.05) is 36.4 Å². The topological polar surface area (TPSA) is 12.4 Å². The third kappa shape index (κ3) is 2.50. The summed E-state index contributed by atoms with van der Waals surface area (Å²) in [5, 5.41) is 0. The normalized spacial score (nSPS) is 17.1. The van der Waals surface area contributed by atoms with E-state index in [1.54, 1.807) is 0 Å². The molecule has 0 N–H and O–H groups in total. The third-order valence-corrected chi connectivity index (χ3v) is 2.93. The summed E-state index contributed by atoms with van der Waals surface area (Å²) >= 11 is 0. The van der Waals surface area contributed by atoms with Gasteiger partial charge in [-0.25, -0.2) is 0 Å². The van der Waals surface area contributed by atoms with Crippen LogP contribution < -0.4 is 0 Å². The van der Waals surface area contributed by atoms with Crippen molar-refractivity contribution in [3.63, 3.8) is 0 Å². The number of nitrogens with zero attached hydrogens (tertiary/aromatic N) is 1. The summed E-state index contributed by atoms with van der Waals surface area (Å²) in [5.74, 6) is 0.259. The van der Waals surface area contributed by atoms with Crippen molar-refractivity contribution < 1.29 is 20.1 Å². The van der Waals surface area contributed by atoms with Crippen LogP contribution in [0.2, 0.25) is 0 Å².